The lowest BCUT2D eigenvalue weighted by Crippen LogP contribution is -2.47. The molecule has 33 heavy (non-hydrogen) atoms. The summed E-state index contributed by atoms with van der Waals surface area (Å²) in [6, 6.07) is 0.736. The van der Waals surface area contributed by atoms with Crippen molar-refractivity contribution < 1.29 is 49.6 Å². The van der Waals surface area contributed by atoms with E-state index in [-0.39, 0.29) is 19.8 Å². The second kappa shape index (κ2) is 10.6. The number of methoxy groups -OCH3 is 1. The van der Waals surface area contributed by atoms with Crippen LogP contribution in [0.1, 0.15) is 20.8 Å². The van der Waals surface area contributed by atoms with Crippen molar-refractivity contribution in [3.05, 3.63) is 11.3 Å². The molecule has 1 aliphatic rings. The van der Waals surface area contributed by atoms with Crippen LogP contribution in [0, 0.1) is 5.92 Å². The summed E-state index contributed by atoms with van der Waals surface area (Å²) in [5.41, 5.74) is -7.14. The minimum atomic E-state index is -6.07. The van der Waals surface area contributed by atoms with E-state index < -0.39 is 65.2 Å². The molecule has 0 aromatic carbocycles. The molecule has 192 valence electrons. The van der Waals surface area contributed by atoms with E-state index in [1.54, 1.807) is 20.8 Å². The van der Waals surface area contributed by atoms with E-state index in [4.69, 9.17) is 9.47 Å². The Balaban J connectivity index is 3.36. The van der Waals surface area contributed by atoms with Crippen LogP contribution in [-0.2, 0) is 33.3 Å². The molecule has 0 aromatic rings. The third-order valence-corrected chi connectivity index (χ3v) is 7.01. The summed E-state index contributed by atoms with van der Waals surface area (Å²) in [7, 11) is -6.60. The molecule has 1 rings (SSSR count). The summed E-state index contributed by atoms with van der Waals surface area (Å²) in [4.78, 5) is 26.0. The zero-order valence-corrected chi connectivity index (χ0v) is 21.7. The SMILES string of the molecule is COC(=O)C1=C(OS(=O)(=O)C(F)(F)F)C(COCC[Si](C)(C)C)CN(C(=O)OC(C)(C)C)C1. The molecule has 1 unspecified atom stereocenters. The van der Waals surface area contributed by atoms with E-state index in [1.807, 2.05) is 0 Å². The Kier molecular flexibility index (Phi) is 9.42. The van der Waals surface area contributed by atoms with Crippen LogP contribution < -0.4 is 0 Å². The van der Waals surface area contributed by atoms with Gasteiger partial charge in [-0.15, -0.1) is 0 Å². The number of nitrogens with zero attached hydrogens (tertiary/aromatic N) is 1. The van der Waals surface area contributed by atoms with Crippen molar-refractivity contribution in [1.29, 1.82) is 0 Å². The first-order chi connectivity index (χ1) is 14.8. The average molecular weight is 520 g/mol. The predicted molar refractivity (Wildman–Crippen MR) is 115 cm³/mol. The van der Waals surface area contributed by atoms with Crippen LogP contribution in [0.5, 0.6) is 0 Å². The summed E-state index contributed by atoms with van der Waals surface area (Å²) in [6.45, 7) is 10.3. The fraction of sp³-hybridized carbons (Fsp3) is 0.789. The van der Waals surface area contributed by atoms with Gasteiger partial charge in [-0.25, -0.2) is 9.59 Å². The quantitative estimate of drug-likeness (QED) is 0.158. The van der Waals surface area contributed by atoms with Crippen LogP contribution in [0.15, 0.2) is 11.3 Å². The smallest absolute Gasteiger partial charge is 0.466 e. The lowest BCUT2D eigenvalue weighted by molar-refractivity contribution is -0.137. The van der Waals surface area contributed by atoms with E-state index in [0.717, 1.165) is 18.1 Å². The number of hydrogen-bond acceptors (Lipinski definition) is 8. The highest BCUT2D eigenvalue weighted by Crippen LogP contribution is 2.34. The zero-order valence-electron chi connectivity index (χ0n) is 19.9. The van der Waals surface area contributed by atoms with Crippen LogP contribution in [0.3, 0.4) is 0 Å². The Labute approximate surface area is 193 Å². The van der Waals surface area contributed by atoms with Gasteiger partial charge in [0.05, 0.1) is 31.8 Å². The van der Waals surface area contributed by atoms with Crippen molar-refractivity contribution in [3.8, 4) is 0 Å². The fourth-order valence-corrected chi connectivity index (χ4v) is 4.02. The molecule has 1 amide bonds. The molecule has 14 heteroatoms. The van der Waals surface area contributed by atoms with Gasteiger partial charge in [-0.05, 0) is 26.8 Å². The summed E-state index contributed by atoms with van der Waals surface area (Å²) in [6.07, 6.45) is -0.839. The maximum absolute atomic E-state index is 13.0. The van der Waals surface area contributed by atoms with Crippen molar-refractivity contribution >= 4 is 30.3 Å². The second-order valence-corrected chi connectivity index (χ2v) is 16.9. The normalized spacial score (nSPS) is 18.2. The van der Waals surface area contributed by atoms with E-state index >= 15 is 0 Å². The number of carbonyl (C=O) groups is 2. The average Bonchev–Trinajstić information content (AvgIpc) is 2.62. The molecule has 0 N–H and O–H groups in total. The van der Waals surface area contributed by atoms with Gasteiger partial charge in [-0.2, -0.15) is 21.6 Å². The summed E-state index contributed by atoms with van der Waals surface area (Å²) >= 11 is 0. The molecule has 0 aliphatic carbocycles. The van der Waals surface area contributed by atoms with Crippen LogP contribution in [0.4, 0.5) is 18.0 Å². The van der Waals surface area contributed by atoms with Crippen molar-refractivity contribution in [2.45, 2.75) is 57.6 Å². The maximum atomic E-state index is 13.0. The van der Waals surface area contributed by atoms with Gasteiger partial charge in [0, 0.05) is 21.2 Å². The van der Waals surface area contributed by atoms with Gasteiger partial charge < -0.3 is 23.3 Å². The molecule has 0 saturated carbocycles. The highest BCUT2D eigenvalue weighted by molar-refractivity contribution is 7.87. The first-order valence-corrected chi connectivity index (χ1v) is 15.3. The summed E-state index contributed by atoms with van der Waals surface area (Å²) in [5.74, 6) is -3.08. The van der Waals surface area contributed by atoms with Gasteiger partial charge in [0.15, 0.2) is 0 Å². The standard InChI is InChI=1S/C19H32F3NO8SSi/c1-18(2,3)30-17(25)23-10-13(12-29-8-9-33(5,6)7)15(14(11-23)16(24)28-4)31-32(26,27)19(20,21)22/h13H,8-12H2,1-7H3. The minimum Gasteiger partial charge on any atom is -0.466 e. The predicted octanol–water partition coefficient (Wildman–Crippen LogP) is 3.50. The van der Waals surface area contributed by atoms with Crippen LogP contribution in [0.25, 0.3) is 0 Å². The van der Waals surface area contributed by atoms with Crippen molar-refractivity contribution in [1.82, 2.24) is 4.90 Å². The lowest BCUT2D eigenvalue weighted by Gasteiger charge is -2.35. The molecule has 9 nitrogen and oxygen atoms in total. The van der Waals surface area contributed by atoms with Gasteiger partial charge in [-0.3, -0.25) is 0 Å². The first kappa shape index (κ1) is 29.2. The number of alkyl halides is 3. The largest absolute Gasteiger partial charge is 0.534 e. The van der Waals surface area contributed by atoms with Crippen LogP contribution in [-0.4, -0.2) is 78.0 Å². The molecule has 0 aromatic heterocycles. The van der Waals surface area contributed by atoms with Crippen LogP contribution >= 0.6 is 0 Å². The number of esters is 1. The molecule has 1 heterocycles. The maximum Gasteiger partial charge on any atom is 0.534 e. The molecule has 1 aliphatic heterocycles. The van der Waals surface area contributed by atoms with E-state index in [9.17, 15) is 31.2 Å². The number of carbonyl (C=O) groups excluding carboxylic acids is 2. The molecular weight excluding hydrogens is 487 g/mol. The fourth-order valence-electron chi connectivity index (χ4n) is 2.70. The third kappa shape index (κ3) is 9.16. The second-order valence-electron chi connectivity index (χ2n) is 9.76. The van der Waals surface area contributed by atoms with E-state index in [0.29, 0.717) is 0 Å². The first-order valence-electron chi connectivity index (χ1n) is 10.1. The topological polar surface area (TPSA) is 108 Å². The van der Waals surface area contributed by atoms with Gasteiger partial charge in [0.2, 0.25) is 0 Å². The monoisotopic (exact) mass is 519 g/mol. The molecule has 0 radical (unpaired) electrons. The Morgan fingerprint density at radius 2 is 1.73 bits per heavy atom. The Hall–Kier alpha value is -1.80. The molecule has 1 atom stereocenters. The third-order valence-electron chi connectivity index (χ3n) is 4.34. The summed E-state index contributed by atoms with van der Waals surface area (Å²) in [5, 5.41) is 0. The Bertz CT molecular complexity index is 860. The van der Waals surface area contributed by atoms with Crippen molar-refractivity contribution in [2.75, 3.05) is 33.4 Å². The van der Waals surface area contributed by atoms with Gasteiger partial charge in [0.25, 0.3) is 0 Å². The van der Waals surface area contributed by atoms with Gasteiger partial charge in [-0.1, -0.05) is 19.6 Å². The molecule has 0 spiro atoms. The van der Waals surface area contributed by atoms with E-state index in [2.05, 4.69) is 28.6 Å². The highest BCUT2D eigenvalue weighted by atomic mass is 32.2. The van der Waals surface area contributed by atoms with Gasteiger partial charge >= 0.3 is 27.7 Å². The number of amides is 1. The number of hydrogen-bond donors (Lipinski definition) is 0. The Morgan fingerprint density at radius 1 is 1.15 bits per heavy atom. The zero-order chi connectivity index (χ0) is 25.8. The molecule has 0 fully saturated rings. The van der Waals surface area contributed by atoms with Crippen LogP contribution in [0.2, 0.25) is 25.7 Å². The molecule has 0 saturated heterocycles. The number of rotatable bonds is 8. The summed E-state index contributed by atoms with van der Waals surface area (Å²) < 4.78 is 82.3. The van der Waals surface area contributed by atoms with Crippen molar-refractivity contribution in [3.63, 3.8) is 0 Å². The van der Waals surface area contributed by atoms with E-state index in [1.165, 1.54) is 0 Å². The number of halogens is 3. The minimum absolute atomic E-state index is 0.269. The highest BCUT2D eigenvalue weighted by Gasteiger charge is 2.51. The van der Waals surface area contributed by atoms with Gasteiger partial charge in [0.1, 0.15) is 11.4 Å². The molecular formula is C19H32F3NO8SSi. The lowest BCUT2D eigenvalue weighted by atomic mass is 9.98. The molecule has 0 bridgehead atoms. The number of ether oxygens (including phenoxy) is 3. The van der Waals surface area contributed by atoms with Crippen molar-refractivity contribution in [2.24, 2.45) is 5.92 Å². The Morgan fingerprint density at radius 3 is 2.18 bits per heavy atom.